The number of rotatable bonds is 7. The van der Waals surface area contributed by atoms with E-state index >= 15 is 0 Å². The fourth-order valence-electron chi connectivity index (χ4n) is 3.62. The second-order valence-corrected chi connectivity index (χ2v) is 8.36. The maximum absolute atomic E-state index is 12.7. The van der Waals surface area contributed by atoms with Gasteiger partial charge in [-0.3, -0.25) is 9.59 Å². The van der Waals surface area contributed by atoms with E-state index < -0.39 is 0 Å². The van der Waals surface area contributed by atoms with E-state index in [1.807, 2.05) is 36.4 Å². The van der Waals surface area contributed by atoms with Gasteiger partial charge in [0.05, 0.1) is 16.1 Å². The molecular formula is C24H30ClN3O2. The minimum Gasteiger partial charge on any atom is -0.371 e. The zero-order valence-electron chi connectivity index (χ0n) is 17.7. The fourth-order valence-corrected chi connectivity index (χ4v) is 3.84. The van der Waals surface area contributed by atoms with Gasteiger partial charge in [-0.1, -0.05) is 56.1 Å². The van der Waals surface area contributed by atoms with Gasteiger partial charge in [0, 0.05) is 31.4 Å². The van der Waals surface area contributed by atoms with Crippen molar-refractivity contribution in [3.8, 4) is 0 Å². The molecule has 1 atom stereocenters. The number of nitrogens with one attached hydrogen (secondary N) is 2. The van der Waals surface area contributed by atoms with Crippen LogP contribution in [-0.4, -0.2) is 37.5 Å². The molecule has 0 unspecified atom stereocenters. The second kappa shape index (κ2) is 10.5. The number of nitrogens with zero attached hydrogens (tertiary/aromatic N) is 1. The van der Waals surface area contributed by atoms with Crippen LogP contribution in [0, 0.1) is 5.92 Å². The molecule has 3 rings (SSSR count). The molecule has 1 fully saturated rings. The first-order valence-electron chi connectivity index (χ1n) is 10.7. The Morgan fingerprint density at radius 1 is 1.03 bits per heavy atom. The maximum atomic E-state index is 12.7. The number of anilines is 1. The molecule has 0 radical (unpaired) electrons. The molecule has 2 aromatic rings. The Kier molecular flexibility index (Phi) is 7.75. The average Bonchev–Trinajstić information content (AvgIpc) is 2.78. The van der Waals surface area contributed by atoms with Crippen LogP contribution in [0.4, 0.5) is 5.69 Å². The van der Waals surface area contributed by atoms with E-state index in [-0.39, 0.29) is 17.9 Å². The molecule has 0 aromatic heterocycles. The summed E-state index contributed by atoms with van der Waals surface area (Å²) in [7, 11) is 0. The summed E-state index contributed by atoms with van der Waals surface area (Å²) >= 11 is 6.13. The van der Waals surface area contributed by atoms with Gasteiger partial charge in [0.15, 0.2) is 0 Å². The highest BCUT2D eigenvalue weighted by molar-refractivity contribution is 6.33. The van der Waals surface area contributed by atoms with E-state index in [9.17, 15) is 9.59 Å². The second-order valence-electron chi connectivity index (χ2n) is 7.96. The lowest BCUT2D eigenvalue weighted by Crippen LogP contribution is -2.45. The van der Waals surface area contributed by atoms with Crippen molar-refractivity contribution in [1.82, 2.24) is 10.6 Å². The van der Waals surface area contributed by atoms with Crippen LogP contribution in [0.2, 0.25) is 5.02 Å². The van der Waals surface area contributed by atoms with Crippen molar-refractivity contribution in [2.24, 2.45) is 5.92 Å². The Labute approximate surface area is 183 Å². The van der Waals surface area contributed by atoms with Gasteiger partial charge in [-0.05, 0) is 43.0 Å². The summed E-state index contributed by atoms with van der Waals surface area (Å²) in [5.74, 6) is 0.294. The molecule has 0 spiro atoms. The summed E-state index contributed by atoms with van der Waals surface area (Å²) in [5, 5.41) is 6.61. The van der Waals surface area contributed by atoms with Crippen molar-refractivity contribution >= 4 is 29.1 Å². The number of amides is 2. The number of carbonyl (C=O) groups is 2. The predicted molar refractivity (Wildman–Crippen MR) is 122 cm³/mol. The van der Waals surface area contributed by atoms with Crippen LogP contribution in [0.5, 0.6) is 0 Å². The summed E-state index contributed by atoms with van der Waals surface area (Å²) in [6.07, 6.45) is 2.67. The van der Waals surface area contributed by atoms with Crippen LogP contribution in [-0.2, 0) is 0 Å². The molecule has 2 N–H and O–H groups in total. The third-order valence-electron chi connectivity index (χ3n) is 5.75. The number of halogens is 1. The number of para-hydroxylation sites is 1. The van der Waals surface area contributed by atoms with Gasteiger partial charge in [-0.2, -0.15) is 0 Å². The van der Waals surface area contributed by atoms with Gasteiger partial charge >= 0.3 is 0 Å². The van der Waals surface area contributed by atoms with Crippen molar-refractivity contribution in [2.45, 2.75) is 39.2 Å². The molecule has 6 heteroatoms. The smallest absolute Gasteiger partial charge is 0.253 e. The maximum Gasteiger partial charge on any atom is 0.253 e. The summed E-state index contributed by atoms with van der Waals surface area (Å²) in [6.45, 7) is 6.50. The highest BCUT2D eigenvalue weighted by Gasteiger charge is 2.24. The average molecular weight is 428 g/mol. The van der Waals surface area contributed by atoms with E-state index in [0.717, 1.165) is 38.0 Å². The number of piperidine rings is 1. The number of carbonyl (C=O) groups excluding carboxylic acids is 2. The van der Waals surface area contributed by atoms with E-state index in [0.29, 0.717) is 28.6 Å². The lowest BCUT2D eigenvalue weighted by Gasteiger charge is -2.35. The summed E-state index contributed by atoms with van der Waals surface area (Å²) in [6, 6.07) is 14.9. The monoisotopic (exact) mass is 427 g/mol. The van der Waals surface area contributed by atoms with Crippen LogP contribution in [0.1, 0.15) is 53.8 Å². The standard InChI is InChI=1S/C24H30ClN3O2/c1-3-17(2)16-26-23(29)20-9-5-7-11-22(20)28-14-12-18(13-15-28)27-24(30)19-8-4-6-10-21(19)25/h4-11,17-18H,3,12-16H2,1-2H3,(H,26,29)(H,27,30)/t17-/m1/s1. The van der Waals surface area contributed by atoms with Gasteiger partial charge in [0.1, 0.15) is 0 Å². The SMILES string of the molecule is CC[C@@H](C)CNC(=O)c1ccccc1N1CCC(NC(=O)c2ccccc2Cl)CC1. The predicted octanol–water partition coefficient (Wildman–Crippen LogP) is 4.51. The van der Waals surface area contributed by atoms with Gasteiger partial charge in [0.2, 0.25) is 0 Å². The van der Waals surface area contributed by atoms with Gasteiger partial charge in [0.25, 0.3) is 11.8 Å². The molecule has 0 bridgehead atoms. The Hall–Kier alpha value is -2.53. The van der Waals surface area contributed by atoms with Crippen LogP contribution in [0.15, 0.2) is 48.5 Å². The van der Waals surface area contributed by atoms with Crippen LogP contribution in [0.25, 0.3) is 0 Å². The molecule has 5 nitrogen and oxygen atoms in total. The van der Waals surface area contributed by atoms with E-state index in [4.69, 9.17) is 11.6 Å². The lowest BCUT2D eigenvalue weighted by atomic mass is 10.0. The molecule has 1 aliphatic rings. The summed E-state index contributed by atoms with van der Waals surface area (Å²) in [5.41, 5.74) is 2.17. The van der Waals surface area contributed by atoms with Crippen molar-refractivity contribution < 1.29 is 9.59 Å². The topological polar surface area (TPSA) is 61.4 Å². The molecule has 1 heterocycles. The molecular weight excluding hydrogens is 398 g/mol. The Balaban J connectivity index is 1.59. The van der Waals surface area contributed by atoms with Crippen LogP contribution in [0.3, 0.4) is 0 Å². The fraction of sp³-hybridized carbons (Fsp3) is 0.417. The third kappa shape index (κ3) is 5.54. The van der Waals surface area contributed by atoms with Crippen molar-refractivity contribution in [2.75, 3.05) is 24.5 Å². The Morgan fingerprint density at radius 2 is 1.67 bits per heavy atom. The quantitative estimate of drug-likeness (QED) is 0.683. The number of hydrogen-bond donors (Lipinski definition) is 2. The van der Waals surface area contributed by atoms with E-state index in [2.05, 4.69) is 29.4 Å². The first kappa shape index (κ1) is 22.2. The number of hydrogen-bond acceptors (Lipinski definition) is 3. The molecule has 30 heavy (non-hydrogen) atoms. The lowest BCUT2D eigenvalue weighted by molar-refractivity contribution is 0.0929. The zero-order valence-corrected chi connectivity index (χ0v) is 18.4. The van der Waals surface area contributed by atoms with Gasteiger partial charge in [-0.15, -0.1) is 0 Å². The largest absolute Gasteiger partial charge is 0.371 e. The first-order valence-corrected chi connectivity index (χ1v) is 11.0. The van der Waals surface area contributed by atoms with Crippen molar-refractivity contribution in [3.63, 3.8) is 0 Å². The molecule has 1 aliphatic heterocycles. The molecule has 2 amide bonds. The highest BCUT2D eigenvalue weighted by Crippen LogP contribution is 2.25. The Morgan fingerprint density at radius 3 is 2.33 bits per heavy atom. The summed E-state index contributed by atoms with van der Waals surface area (Å²) < 4.78 is 0. The summed E-state index contributed by atoms with van der Waals surface area (Å²) in [4.78, 5) is 27.5. The van der Waals surface area contributed by atoms with Crippen LogP contribution >= 0.6 is 11.6 Å². The van der Waals surface area contributed by atoms with Crippen LogP contribution < -0.4 is 15.5 Å². The third-order valence-corrected chi connectivity index (χ3v) is 6.08. The highest BCUT2D eigenvalue weighted by atomic mass is 35.5. The minimum atomic E-state index is -0.135. The van der Waals surface area contributed by atoms with Gasteiger partial charge < -0.3 is 15.5 Å². The minimum absolute atomic E-state index is 0.0277. The molecule has 2 aromatic carbocycles. The number of benzene rings is 2. The first-order chi connectivity index (χ1) is 14.5. The van der Waals surface area contributed by atoms with E-state index in [1.54, 1.807) is 12.1 Å². The molecule has 1 saturated heterocycles. The van der Waals surface area contributed by atoms with Crippen molar-refractivity contribution in [3.05, 3.63) is 64.7 Å². The Bertz CT molecular complexity index is 878. The normalized spacial score (nSPS) is 15.5. The molecule has 0 saturated carbocycles. The zero-order chi connectivity index (χ0) is 21.5. The van der Waals surface area contributed by atoms with Crippen molar-refractivity contribution in [1.29, 1.82) is 0 Å². The molecule has 0 aliphatic carbocycles. The van der Waals surface area contributed by atoms with Gasteiger partial charge in [-0.25, -0.2) is 0 Å². The van der Waals surface area contributed by atoms with E-state index in [1.165, 1.54) is 0 Å². The molecule has 160 valence electrons.